The summed E-state index contributed by atoms with van der Waals surface area (Å²) in [5.41, 5.74) is 3.13. The Hall–Kier alpha value is -2.07. The van der Waals surface area contributed by atoms with Crippen molar-refractivity contribution in [2.45, 2.75) is 27.7 Å². The second-order valence-corrected chi connectivity index (χ2v) is 8.84. The van der Waals surface area contributed by atoms with Gasteiger partial charge in [0.05, 0.1) is 20.0 Å². The van der Waals surface area contributed by atoms with Crippen molar-refractivity contribution in [2.24, 2.45) is 0 Å². The van der Waals surface area contributed by atoms with E-state index in [0.717, 1.165) is 45.8 Å². The molecule has 0 saturated carbocycles. The summed E-state index contributed by atoms with van der Waals surface area (Å²) in [6, 6.07) is 7.03. The number of rotatable bonds is 8. The van der Waals surface area contributed by atoms with Crippen LogP contribution in [0.5, 0.6) is 0 Å². The molecule has 30 heavy (non-hydrogen) atoms. The Balaban J connectivity index is 0.00000320. The Morgan fingerprint density at radius 3 is 2.43 bits per heavy atom. The number of nitrogens with zero attached hydrogens (tertiary/aromatic N) is 4. The third-order valence-electron chi connectivity index (χ3n) is 4.80. The number of amides is 1. The molecule has 7 nitrogen and oxygen atoms in total. The molecule has 0 bridgehead atoms. The number of carbonyl (C=O) groups is 1. The Morgan fingerprint density at radius 2 is 1.83 bits per heavy atom. The molecule has 0 fully saturated rings. The monoisotopic (exact) mass is 468 g/mol. The summed E-state index contributed by atoms with van der Waals surface area (Å²) in [6.07, 6.45) is 0. The molecule has 0 saturated heterocycles. The minimum atomic E-state index is -0.467. The van der Waals surface area contributed by atoms with E-state index in [0.29, 0.717) is 23.1 Å². The van der Waals surface area contributed by atoms with Crippen molar-refractivity contribution in [3.63, 3.8) is 0 Å². The van der Waals surface area contributed by atoms with Gasteiger partial charge in [-0.25, -0.2) is 4.98 Å². The van der Waals surface area contributed by atoms with Gasteiger partial charge in [0.15, 0.2) is 5.13 Å². The molecule has 0 unspecified atom stereocenters. The number of thiazole rings is 1. The first-order valence-corrected chi connectivity index (χ1v) is 11.1. The largest absolute Gasteiger partial charge is 0.324 e. The van der Waals surface area contributed by atoms with Gasteiger partial charge in [-0.1, -0.05) is 42.6 Å². The summed E-state index contributed by atoms with van der Waals surface area (Å²) in [4.78, 5) is 32.8. The first-order valence-electron chi connectivity index (χ1n) is 9.50. The Labute approximate surface area is 189 Å². The number of anilines is 1. The van der Waals surface area contributed by atoms with Gasteiger partial charge in [-0.2, -0.15) is 0 Å². The quantitative estimate of drug-likeness (QED) is 0.331. The summed E-state index contributed by atoms with van der Waals surface area (Å²) in [6.45, 7) is 11.2. The standard InChI is InChI=1S/C20H24N4O3S2.ClH/c1-5-22(6-2)9-10-23(19(25)16-7-8-17(28-16)24(26)27)20-21-15-12-13(3)11-14(4)18(15)29-20;/h7-8,11-12H,5-6,9-10H2,1-4H3;1H. The van der Waals surface area contributed by atoms with Crippen molar-refractivity contribution in [1.29, 1.82) is 0 Å². The number of aromatic nitrogens is 1. The third-order valence-corrected chi connectivity index (χ3v) is 7.06. The zero-order valence-corrected chi connectivity index (χ0v) is 19.8. The lowest BCUT2D eigenvalue weighted by Crippen LogP contribution is -2.38. The number of hydrogen-bond acceptors (Lipinski definition) is 7. The minimum absolute atomic E-state index is 0. The van der Waals surface area contributed by atoms with E-state index >= 15 is 0 Å². The molecule has 0 radical (unpaired) electrons. The van der Waals surface area contributed by atoms with Gasteiger partial charge in [-0.05, 0) is 50.2 Å². The van der Waals surface area contributed by atoms with Crippen LogP contribution in [0.1, 0.15) is 34.6 Å². The maximum Gasteiger partial charge on any atom is 0.324 e. The van der Waals surface area contributed by atoms with Crippen molar-refractivity contribution in [1.82, 2.24) is 9.88 Å². The smallest absolute Gasteiger partial charge is 0.302 e. The van der Waals surface area contributed by atoms with Crippen LogP contribution in [0.15, 0.2) is 24.3 Å². The lowest BCUT2D eigenvalue weighted by molar-refractivity contribution is -0.380. The number of likely N-dealkylation sites (N-methyl/N-ethyl adjacent to an activating group) is 1. The van der Waals surface area contributed by atoms with Crippen LogP contribution in [0.2, 0.25) is 0 Å². The van der Waals surface area contributed by atoms with Crippen LogP contribution in [0.25, 0.3) is 10.2 Å². The highest BCUT2D eigenvalue weighted by Crippen LogP contribution is 2.34. The van der Waals surface area contributed by atoms with Crippen molar-refractivity contribution in [3.8, 4) is 0 Å². The predicted molar refractivity (Wildman–Crippen MR) is 127 cm³/mol. The van der Waals surface area contributed by atoms with Gasteiger partial charge < -0.3 is 4.90 Å². The Kier molecular flexibility index (Phi) is 8.31. The van der Waals surface area contributed by atoms with Crippen molar-refractivity contribution >= 4 is 61.3 Å². The number of fused-ring (bicyclic) bond motifs is 1. The molecule has 0 spiro atoms. The average Bonchev–Trinajstić information content (AvgIpc) is 3.32. The second-order valence-electron chi connectivity index (χ2n) is 6.81. The van der Waals surface area contributed by atoms with E-state index in [9.17, 15) is 14.9 Å². The number of nitro groups is 1. The molecule has 0 N–H and O–H groups in total. The normalized spacial score (nSPS) is 11.0. The first kappa shape index (κ1) is 24.2. The van der Waals surface area contributed by atoms with E-state index in [1.54, 1.807) is 4.90 Å². The van der Waals surface area contributed by atoms with E-state index in [1.165, 1.54) is 23.5 Å². The van der Waals surface area contributed by atoms with Gasteiger partial charge in [0.2, 0.25) is 0 Å². The summed E-state index contributed by atoms with van der Waals surface area (Å²) < 4.78 is 1.06. The van der Waals surface area contributed by atoms with Gasteiger partial charge in [0.25, 0.3) is 5.91 Å². The molecule has 162 valence electrons. The van der Waals surface area contributed by atoms with E-state index in [1.807, 2.05) is 19.9 Å². The number of halogens is 1. The van der Waals surface area contributed by atoms with Gasteiger partial charge in [0, 0.05) is 19.2 Å². The third kappa shape index (κ3) is 5.15. The summed E-state index contributed by atoms with van der Waals surface area (Å²) in [5.74, 6) is -0.247. The van der Waals surface area contributed by atoms with Crippen LogP contribution in [0, 0.1) is 24.0 Å². The zero-order chi connectivity index (χ0) is 21.1. The van der Waals surface area contributed by atoms with Crippen LogP contribution >= 0.6 is 35.1 Å². The lowest BCUT2D eigenvalue weighted by atomic mass is 10.1. The number of hydrogen-bond donors (Lipinski definition) is 0. The lowest BCUT2D eigenvalue weighted by Gasteiger charge is -2.24. The number of carbonyl (C=O) groups excluding carboxylic acids is 1. The van der Waals surface area contributed by atoms with Crippen molar-refractivity contribution in [3.05, 3.63) is 50.4 Å². The molecule has 10 heteroatoms. The molecule has 2 aromatic heterocycles. The fraction of sp³-hybridized carbons (Fsp3) is 0.400. The number of thiophene rings is 1. The summed E-state index contributed by atoms with van der Waals surface area (Å²) in [7, 11) is 0. The fourth-order valence-corrected chi connectivity index (χ4v) is 5.03. The Bertz CT molecular complexity index is 1050. The van der Waals surface area contributed by atoms with Crippen molar-refractivity contribution < 1.29 is 9.72 Å². The van der Waals surface area contributed by atoms with Crippen LogP contribution in [0.4, 0.5) is 10.1 Å². The van der Waals surface area contributed by atoms with E-state index in [4.69, 9.17) is 4.98 Å². The molecular formula is C20H25ClN4O3S2. The number of benzene rings is 1. The molecule has 0 atom stereocenters. The zero-order valence-electron chi connectivity index (χ0n) is 17.4. The van der Waals surface area contributed by atoms with Gasteiger partial charge >= 0.3 is 5.00 Å². The predicted octanol–water partition coefficient (Wildman–Crippen LogP) is 5.29. The Morgan fingerprint density at radius 1 is 1.13 bits per heavy atom. The maximum absolute atomic E-state index is 13.3. The second kappa shape index (κ2) is 10.3. The van der Waals surface area contributed by atoms with Gasteiger partial charge in [-0.3, -0.25) is 19.8 Å². The average molecular weight is 469 g/mol. The molecule has 1 amide bonds. The van der Waals surface area contributed by atoms with Crippen LogP contribution in [0.3, 0.4) is 0 Å². The molecule has 3 rings (SSSR count). The van der Waals surface area contributed by atoms with Gasteiger partial charge in [-0.15, -0.1) is 12.4 Å². The minimum Gasteiger partial charge on any atom is -0.302 e. The summed E-state index contributed by atoms with van der Waals surface area (Å²) in [5, 5.41) is 11.6. The van der Waals surface area contributed by atoms with Gasteiger partial charge in [0.1, 0.15) is 0 Å². The summed E-state index contributed by atoms with van der Waals surface area (Å²) >= 11 is 2.39. The first-order chi connectivity index (χ1) is 13.8. The highest BCUT2D eigenvalue weighted by atomic mass is 35.5. The van der Waals surface area contributed by atoms with E-state index in [-0.39, 0.29) is 23.3 Å². The molecule has 0 aliphatic heterocycles. The highest BCUT2D eigenvalue weighted by Gasteiger charge is 2.25. The SMILES string of the molecule is CCN(CC)CCN(C(=O)c1ccc([N+](=O)[O-])s1)c1nc2cc(C)cc(C)c2s1.Cl. The fourth-order valence-electron chi connectivity index (χ4n) is 3.22. The molecule has 2 heterocycles. The van der Waals surface area contributed by atoms with Crippen molar-refractivity contribution in [2.75, 3.05) is 31.1 Å². The van der Waals surface area contributed by atoms with Crippen LogP contribution in [-0.4, -0.2) is 46.9 Å². The van der Waals surface area contributed by atoms with E-state index < -0.39 is 4.92 Å². The molecule has 3 aromatic rings. The molecule has 1 aromatic carbocycles. The maximum atomic E-state index is 13.3. The van der Waals surface area contributed by atoms with Crippen LogP contribution < -0.4 is 4.90 Å². The molecule has 0 aliphatic carbocycles. The number of aryl methyl sites for hydroxylation is 2. The molecular weight excluding hydrogens is 444 g/mol. The van der Waals surface area contributed by atoms with Crippen LogP contribution in [-0.2, 0) is 0 Å². The molecule has 0 aliphatic rings. The highest BCUT2D eigenvalue weighted by molar-refractivity contribution is 7.22. The topological polar surface area (TPSA) is 79.6 Å². The van der Waals surface area contributed by atoms with E-state index in [2.05, 4.69) is 24.8 Å².